The molecule has 2 aromatic heterocycles. The topological polar surface area (TPSA) is 154 Å². The molecule has 2 atom stereocenters. The number of aliphatic carboxylic acids is 1. The van der Waals surface area contributed by atoms with Crippen molar-refractivity contribution in [1.29, 1.82) is 0 Å². The molecule has 0 bridgehead atoms. The Kier molecular flexibility index (Phi) is 6.34. The van der Waals surface area contributed by atoms with E-state index in [2.05, 4.69) is 15.0 Å². The lowest BCUT2D eigenvalue weighted by molar-refractivity contribution is -0.147. The van der Waals surface area contributed by atoms with Gasteiger partial charge in [0.15, 0.2) is 17.0 Å². The van der Waals surface area contributed by atoms with Crippen LogP contribution in [0, 0.1) is 6.92 Å². The van der Waals surface area contributed by atoms with E-state index in [1.807, 2.05) is 18.5 Å². The third-order valence-corrected chi connectivity index (χ3v) is 8.37. The third kappa shape index (κ3) is 4.21. The number of nitrogens with two attached hydrogens (primary N) is 1. The van der Waals surface area contributed by atoms with Crippen molar-refractivity contribution in [3.05, 3.63) is 43.2 Å². The molecule has 2 unspecified atom stereocenters. The number of aliphatic imine (C=N–C) groups is 1. The summed E-state index contributed by atoms with van der Waals surface area (Å²) in [5, 5.41) is 22.4. The standard InChI is InChI=1S/C17H16N6O4S4/c1-7-9(31-6-19-7)2-3-28-10-5-29-15-11(14(24)23(15)12(10)16(25)26)21-13(22-27)8-4-30-17(18)20-8/h2-4,6,11,15,27H,5H2,1H3,(H2,18,20)(H,21,22)(H,25,26)/b3-2-. The number of hydroxylamine groups is 1. The number of hydrogen-bond donors (Lipinski definition) is 4. The van der Waals surface area contributed by atoms with Crippen molar-refractivity contribution >= 4 is 75.1 Å². The average molecular weight is 497 g/mol. The van der Waals surface area contributed by atoms with Gasteiger partial charge in [0, 0.05) is 16.0 Å². The van der Waals surface area contributed by atoms with Crippen molar-refractivity contribution in [2.75, 3.05) is 11.5 Å². The fourth-order valence-electron chi connectivity index (χ4n) is 2.98. The van der Waals surface area contributed by atoms with Crippen molar-refractivity contribution < 1.29 is 19.9 Å². The third-order valence-electron chi connectivity index (χ3n) is 4.46. The van der Waals surface area contributed by atoms with Crippen LogP contribution in [-0.4, -0.2) is 60.1 Å². The Hall–Kier alpha value is -2.39. The zero-order valence-corrected chi connectivity index (χ0v) is 19.1. The van der Waals surface area contributed by atoms with E-state index in [-0.39, 0.29) is 11.5 Å². The second-order valence-electron chi connectivity index (χ2n) is 6.31. The highest BCUT2D eigenvalue weighted by atomic mass is 32.2. The Morgan fingerprint density at radius 1 is 1.48 bits per heavy atom. The van der Waals surface area contributed by atoms with Gasteiger partial charge < -0.3 is 10.8 Å². The SMILES string of the molecule is Cc1ncsc1/C=C\SC1=C(C(=O)O)N2C(=O)C(N=C(NO)c3csc(N)n3)C2SC1. The van der Waals surface area contributed by atoms with E-state index in [1.165, 1.54) is 51.1 Å². The van der Waals surface area contributed by atoms with Gasteiger partial charge in [0.05, 0.1) is 16.1 Å². The first-order chi connectivity index (χ1) is 14.9. The molecule has 4 rings (SSSR count). The molecular formula is C17H16N6O4S4. The number of fused-ring (bicyclic) bond motifs is 1. The Bertz CT molecular complexity index is 1120. The largest absolute Gasteiger partial charge is 0.477 e. The molecule has 31 heavy (non-hydrogen) atoms. The summed E-state index contributed by atoms with van der Waals surface area (Å²) in [6.45, 7) is 1.90. The predicted molar refractivity (Wildman–Crippen MR) is 123 cm³/mol. The molecule has 0 aromatic carbocycles. The van der Waals surface area contributed by atoms with E-state index in [0.717, 1.165) is 10.6 Å². The number of rotatable bonds is 6. The summed E-state index contributed by atoms with van der Waals surface area (Å²) in [6.07, 6.45) is 1.88. The second kappa shape index (κ2) is 9.00. The number of amidine groups is 1. The summed E-state index contributed by atoms with van der Waals surface area (Å²) >= 11 is 5.36. The number of thioether (sulfide) groups is 2. The number of aryl methyl sites for hydroxylation is 1. The summed E-state index contributed by atoms with van der Waals surface area (Å²) in [7, 11) is 0. The summed E-state index contributed by atoms with van der Waals surface area (Å²) in [5.41, 5.74) is 10.5. The molecule has 1 amide bonds. The lowest BCUT2D eigenvalue weighted by atomic mass is 10.1. The van der Waals surface area contributed by atoms with Crippen molar-refractivity contribution in [1.82, 2.24) is 20.3 Å². The molecule has 2 aliphatic heterocycles. The number of β-lactam (4-membered cyclic amide) rings is 1. The predicted octanol–water partition coefficient (Wildman–Crippen LogP) is 2.20. The minimum Gasteiger partial charge on any atom is -0.477 e. The summed E-state index contributed by atoms with van der Waals surface area (Å²) in [6, 6.07) is -0.834. The van der Waals surface area contributed by atoms with Crippen LogP contribution in [0.15, 0.2) is 31.9 Å². The lowest BCUT2D eigenvalue weighted by Crippen LogP contribution is -2.64. The number of carbonyl (C=O) groups is 2. The number of nitrogens with zero attached hydrogens (tertiary/aromatic N) is 4. The van der Waals surface area contributed by atoms with Gasteiger partial charge in [0.2, 0.25) is 0 Å². The minimum absolute atomic E-state index is 0.00966. The van der Waals surface area contributed by atoms with Gasteiger partial charge in [-0.05, 0) is 18.4 Å². The number of nitrogen functional groups attached to an aromatic ring is 1. The Balaban J connectivity index is 1.55. The van der Waals surface area contributed by atoms with Crippen LogP contribution in [0.4, 0.5) is 5.13 Å². The van der Waals surface area contributed by atoms with E-state index in [1.54, 1.807) is 16.3 Å². The zero-order valence-electron chi connectivity index (χ0n) is 15.9. The summed E-state index contributed by atoms with van der Waals surface area (Å²) in [4.78, 5) is 40.0. The van der Waals surface area contributed by atoms with E-state index >= 15 is 0 Å². The number of hydrogen-bond acceptors (Lipinski definition) is 11. The molecule has 1 fully saturated rings. The van der Waals surface area contributed by atoms with Gasteiger partial charge in [-0.2, -0.15) is 0 Å². The maximum absolute atomic E-state index is 12.8. The number of nitrogens with one attached hydrogen (secondary N) is 1. The Morgan fingerprint density at radius 2 is 2.29 bits per heavy atom. The van der Waals surface area contributed by atoms with Crippen molar-refractivity contribution in [2.45, 2.75) is 18.3 Å². The maximum atomic E-state index is 12.8. The highest BCUT2D eigenvalue weighted by Crippen LogP contribution is 2.45. The van der Waals surface area contributed by atoms with Crippen LogP contribution >= 0.6 is 46.2 Å². The van der Waals surface area contributed by atoms with E-state index in [9.17, 15) is 19.9 Å². The monoisotopic (exact) mass is 496 g/mol. The van der Waals surface area contributed by atoms with Crippen molar-refractivity contribution in [2.24, 2.45) is 4.99 Å². The first-order valence-electron chi connectivity index (χ1n) is 8.74. The van der Waals surface area contributed by atoms with E-state index in [4.69, 9.17) is 5.73 Å². The van der Waals surface area contributed by atoms with Crippen LogP contribution in [0.25, 0.3) is 6.08 Å². The number of carboxylic acids is 1. The molecule has 0 aliphatic carbocycles. The average Bonchev–Trinajstić information content (AvgIpc) is 3.36. The number of thiazole rings is 2. The summed E-state index contributed by atoms with van der Waals surface area (Å²) in [5.74, 6) is -1.19. The lowest BCUT2D eigenvalue weighted by Gasteiger charge is -2.47. The molecule has 162 valence electrons. The second-order valence-corrected chi connectivity index (χ2v) is 10.2. The number of amides is 1. The van der Waals surface area contributed by atoms with E-state index < -0.39 is 23.3 Å². The number of anilines is 1. The molecule has 0 saturated carbocycles. The maximum Gasteiger partial charge on any atom is 0.353 e. The van der Waals surface area contributed by atoms with Crippen molar-refractivity contribution in [3.8, 4) is 0 Å². The molecule has 10 nitrogen and oxygen atoms in total. The summed E-state index contributed by atoms with van der Waals surface area (Å²) < 4.78 is 0. The molecule has 14 heteroatoms. The molecule has 1 saturated heterocycles. The number of carbonyl (C=O) groups excluding carboxylic acids is 1. The van der Waals surface area contributed by atoms with Crippen LogP contribution in [-0.2, 0) is 9.59 Å². The van der Waals surface area contributed by atoms with Crippen LogP contribution < -0.4 is 11.2 Å². The van der Waals surface area contributed by atoms with Crippen LogP contribution in [0.5, 0.6) is 0 Å². The first-order valence-corrected chi connectivity index (χ1v) is 12.4. The van der Waals surface area contributed by atoms with Gasteiger partial charge in [-0.25, -0.2) is 19.8 Å². The normalized spacial score (nSPS) is 21.4. The first kappa shape index (κ1) is 21.8. The van der Waals surface area contributed by atoms with Gasteiger partial charge in [-0.15, -0.1) is 34.4 Å². The minimum atomic E-state index is -1.17. The molecule has 2 aromatic rings. The van der Waals surface area contributed by atoms with Gasteiger partial charge in [-0.3, -0.25) is 20.4 Å². The molecule has 4 heterocycles. The van der Waals surface area contributed by atoms with Gasteiger partial charge in [-0.1, -0.05) is 11.8 Å². The van der Waals surface area contributed by atoms with E-state index in [0.29, 0.717) is 21.5 Å². The smallest absolute Gasteiger partial charge is 0.353 e. The van der Waals surface area contributed by atoms with Crippen LogP contribution in [0.2, 0.25) is 0 Å². The van der Waals surface area contributed by atoms with Gasteiger partial charge in [0.25, 0.3) is 5.91 Å². The Morgan fingerprint density at radius 3 is 2.90 bits per heavy atom. The fourth-order valence-corrected chi connectivity index (χ4v) is 6.63. The highest BCUT2D eigenvalue weighted by molar-refractivity contribution is 8.08. The van der Waals surface area contributed by atoms with Gasteiger partial charge in [0.1, 0.15) is 16.8 Å². The quantitative estimate of drug-likeness (QED) is 0.202. The van der Waals surface area contributed by atoms with Crippen LogP contribution in [0.1, 0.15) is 16.3 Å². The van der Waals surface area contributed by atoms with Crippen LogP contribution in [0.3, 0.4) is 0 Å². The highest BCUT2D eigenvalue weighted by Gasteiger charge is 2.54. The molecule has 5 N–H and O–H groups in total. The van der Waals surface area contributed by atoms with Crippen molar-refractivity contribution in [3.63, 3.8) is 0 Å². The number of aromatic nitrogens is 2. The fraction of sp³-hybridized carbons (Fsp3) is 0.235. The number of carboxylic acid groups (broad SMARTS) is 1. The zero-order chi connectivity index (χ0) is 22.1. The van der Waals surface area contributed by atoms with Gasteiger partial charge >= 0.3 is 5.97 Å². The molecular weight excluding hydrogens is 480 g/mol. The Labute approximate surface area is 192 Å². The molecule has 0 radical (unpaired) electrons. The molecule has 0 spiro atoms. The molecule has 2 aliphatic rings.